The predicted octanol–water partition coefficient (Wildman–Crippen LogP) is 2.44. The summed E-state index contributed by atoms with van der Waals surface area (Å²) < 4.78 is 0. The molecule has 0 aromatic carbocycles. The quantitative estimate of drug-likeness (QED) is 0.520. The minimum absolute atomic E-state index is 0.337. The lowest BCUT2D eigenvalue weighted by Crippen LogP contribution is -2.49. The van der Waals surface area contributed by atoms with Crippen molar-refractivity contribution in [3.05, 3.63) is 0 Å². The third-order valence-corrected chi connectivity index (χ3v) is 3.80. The highest BCUT2D eigenvalue weighted by atomic mass is 15.2. The molecule has 0 saturated heterocycles. The third-order valence-electron chi connectivity index (χ3n) is 3.80. The van der Waals surface area contributed by atoms with Crippen LogP contribution in [0.15, 0.2) is 0 Å². The van der Waals surface area contributed by atoms with Crippen molar-refractivity contribution in [3.63, 3.8) is 0 Å². The van der Waals surface area contributed by atoms with Crippen LogP contribution in [0.5, 0.6) is 0 Å². The van der Waals surface area contributed by atoms with Crippen molar-refractivity contribution in [2.24, 2.45) is 17.2 Å². The fraction of sp³-hybridized carbons (Fsp3) is 1.00. The largest absolute Gasteiger partial charge is 0.271 e. The summed E-state index contributed by atoms with van der Waals surface area (Å²) in [6.45, 7) is 6.88. The molecule has 3 N–H and O–H groups in total. The van der Waals surface area contributed by atoms with Gasteiger partial charge in [0, 0.05) is 6.04 Å². The van der Waals surface area contributed by atoms with Gasteiger partial charge in [0.1, 0.15) is 0 Å². The molecule has 0 aromatic rings. The van der Waals surface area contributed by atoms with Gasteiger partial charge < -0.3 is 0 Å². The molecule has 0 heterocycles. The highest BCUT2D eigenvalue weighted by molar-refractivity contribution is 4.89. The molecular weight excluding hydrogens is 160 g/mol. The van der Waals surface area contributed by atoms with Gasteiger partial charge in [-0.3, -0.25) is 11.3 Å². The molecule has 78 valence electrons. The number of nitrogens with one attached hydrogen (secondary N) is 1. The summed E-state index contributed by atoms with van der Waals surface area (Å²) in [4.78, 5) is 0. The van der Waals surface area contributed by atoms with E-state index < -0.39 is 0 Å². The first-order valence-corrected chi connectivity index (χ1v) is 5.58. The minimum atomic E-state index is 0.337. The number of hydrogen-bond donors (Lipinski definition) is 2. The lowest BCUT2D eigenvalue weighted by molar-refractivity contribution is 0.169. The van der Waals surface area contributed by atoms with Crippen molar-refractivity contribution in [1.29, 1.82) is 0 Å². The van der Waals surface area contributed by atoms with Crippen LogP contribution in [0.4, 0.5) is 0 Å². The Morgan fingerprint density at radius 2 is 1.92 bits per heavy atom. The Morgan fingerprint density at radius 3 is 2.31 bits per heavy atom. The molecule has 0 aliphatic heterocycles. The number of nitrogens with two attached hydrogens (primary N) is 1. The Bertz CT molecular complexity index is 148. The van der Waals surface area contributed by atoms with Gasteiger partial charge in [-0.15, -0.1) is 0 Å². The Hall–Kier alpha value is -0.0800. The summed E-state index contributed by atoms with van der Waals surface area (Å²) in [6.07, 6.45) is 6.69. The highest BCUT2D eigenvalue weighted by Gasteiger charge is 2.34. The Labute approximate surface area is 82.2 Å². The second-order valence-corrected chi connectivity index (χ2v) is 5.03. The number of hydrogen-bond acceptors (Lipinski definition) is 2. The van der Waals surface area contributed by atoms with Crippen LogP contribution in [-0.4, -0.2) is 6.04 Å². The molecule has 1 saturated carbocycles. The SMILES string of the molecule is CCC(C)(C)C(NN)C1CCCC1. The van der Waals surface area contributed by atoms with Crippen molar-refractivity contribution < 1.29 is 0 Å². The van der Waals surface area contributed by atoms with Gasteiger partial charge >= 0.3 is 0 Å². The second kappa shape index (κ2) is 4.43. The molecule has 2 nitrogen and oxygen atoms in total. The molecule has 1 atom stereocenters. The summed E-state index contributed by atoms with van der Waals surface area (Å²) in [5.41, 5.74) is 3.37. The molecule has 1 fully saturated rings. The van der Waals surface area contributed by atoms with E-state index in [1.807, 2.05) is 0 Å². The lowest BCUT2D eigenvalue weighted by Gasteiger charge is -2.37. The van der Waals surface area contributed by atoms with E-state index in [2.05, 4.69) is 26.2 Å². The molecule has 1 rings (SSSR count). The number of hydrazine groups is 1. The van der Waals surface area contributed by atoms with Crippen LogP contribution >= 0.6 is 0 Å². The summed E-state index contributed by atoms with van der Waals surface area (Å²) in [6, 6.07) is 0.500. The first kappa shape index (κ1) is 11.0. The maximum absolute atomic E-state index is 5.66. The van der Waals surface area contributed by atoms with Crippen LogP contribution in [0, 0.1) is 11.3 Å². The highest BCUT2D eigenvalue weighted by Crippen LogP contribution is 2.37. The molecule has 0 bridgehead atoms. The lowest BCUT2D eigenvalue weighted by atomic mass is 9.75. The van der Waals surface area contributed by atoms with Gasteiger partial charge in [0.05, 0.1) is 0 Å². The van der Waals surface area contributed by atoms with Crippen molar-refractivity contribution in [2.45, 2.75) is 58.9 Å². The topological polar surface area (TPSA) is 38.0 Å². The van der Waals surface area contributed by atoms with E-state index in [4.69, 9.17) is 5.84 Å². The fourth-order valence-corrected chi connectivity index (χ4v) is 2.51. The monoisotopic (exact) mass is 184 g/mol. The molecule has 0 radical (unpaired) electrons. The summed E-state index contributed by atoms with van der Waals surface area (Å²) in [5, 5.41) is 0. The molecular formula is C11H24N2. The summed E-state index contributed by atoms with van der Waals surface area (Å²) >= 11 is 0. The van der Waals surface area contributed by atoms with Gasteiger partial charge in [-0.2, -0.15) is 0 Å². The predicted molar refractivity (Wildman–Crippen MR) is 57.1 cm³/mol. The normalized spacial score (nSPS) is 22.2. The summed E-state index contributed by atoms with van der Waals surface area (Å²) in [5.74, 6) is 6.47. The van der Waals surface area contributed by atoms with E-state index in [9.17, 15) is 0 Å². The zero-order valence-electron chi connectivity index (χ0n) is 9.27. The maximum Gasteiger partial charge on any atom is 0.0289 e. The maximum atomic E-state index is 5.66. The van der Waals surface area contributed by atoms with E-state index in [-0.39, 0.29) is 0 Å². The van der Waals surface area contributed by atoms with Crippen LogP contribution in [-0.2, 0) is 0 Å². The molecule has 0 aromatic heterocycles. The van der Waals surface area contributed by atoms with Crippen molar-refractivity contribution in [3.8, 4) is 0 Å². The minimum Gasteiger partial charge on any atom is -0.271 e. The standard InChI is InChI=1S/C11H24N2/c1-4-11(2,3)10(13-12)9-7-5-6-8-9/h9-10,13H,4-8,12H2,1-3H3. The van der Waals surface area contributed by atoms with Crippen LogP contribution < -0.4 is 11.3 Å². The molecule has 2 heteroatoms. The van der Waals surface area contributed by atoms with Crippen molar-refractivity contribution in [1.82, 2.24) is 5.43 Å². The van der Waals surface area contributed by atoms with E-state index in [1.165, 1.54) is 32.1 Å². The van der Waals surface area contributed by atoms with Gasteiger partial charge in [-0.1, -0.05) is 33.6 Å². The second-order valence-electron chi connectivity index (χ2n) is 5.03. The zero-order valence-corrected chi connectivity index (χ0v) is 9.27. The summed E-state index contributed by atoms with van der Waals surface area (Å²) in [7, 11) is 0. The molecule has 13 heavy (non-hydrogen) atoms. The van der Waals surface area contributed by atoms with Crippen molar-refractivity contribution >= 4 is 0 Å². The van der Waals surface area contributed by atoms with Crippen LogP contribution in [0.25, 0.3) is 0 Å². The van der Waals surface area contributed by atoms with E-state index in [0.29, 0.717) is 11.5 Å². The smallest absolute Gasteiger partial charge is 0.0289 e. The molecule has 0 spiro atoms. The molecule has 1 aliphatic carbocycles. The average Bonchev–Trinajstić information content (AvgIpc) is 2.58. The van der Waals surface area contributed by atoms with Crippen LogP contribution in [0.2, 0.25) is 0 Å². The third kappa shape index (κ3) is 2.44. The first-order chi connectivity index (χ1) is 6.11. The van der Waals surface area contributed by atoms with Gasteiger partial charge in [0.2, 0.25) is 0 Å². The van der Waals surface area contributed by atoms with E-state index >= 15 is 0 Å². The van der Waals surface area contributed by atoms with Gasteiger partial charge in [0.15, 0.2) is 0 Å². The number of rotatable bonds is 4. The Kier molecular flexibility index (Phi) is 3.74. The Balaban J connectivity index is 2.59. The molecule has 0 amide bonds. The van der Waals surface area contributed by atoms with Gasteiger partial charge in [-0.05, 0) is 30.6 Å². The zero-order chi connectivity index (χ0) is 9.90. The average molecular weight is 184 g/mol. The van der Waals surface area contributed by atoms with Crippen LogP contribution in [0.3, 0.4) is 0 Å². The van der Waals surface area contributed by atoms with Crippen LogP contribution in [0.1, 0.15) is 52.9 Å². The first-order valence-electron chi connectivity index (χ1n) is 5.58. The Morgan fingerprint density at radius 1 is 1.38 bits per heavy atom. The fourth-order valence-electron chi connectivity index (χ4n) is 2.51. The van der Waals surface area contributed by atoms with E-state index in [0.717, 1.165) is 5.92 Å². The van der Waals surface area contributed by atoms with Crippen molar-refractivity contribution in [2.75, 3.05) is 0 Å². The van der Waals surface area contributed by atoms with Gasteiger partial charge in [0.25, 0.3) is 0 Å². The molecule has 1 aliphatic rings. The van der Waals surface area contributed by atoms with E-state index in [1.54, 1.807) is 0 Å². The molecule has 1 unspecified atom stereocenters. The van der Waals surface area contributed by atoms with Gasteiger partial charge in [-0.25, -0.2) is 0 Å².